The molecule has 5 aromatic rings. The van der Waals surface area contributed by atoms with Crippen LogP contribution >= 0.6 is 0 Å². The number of para-hydroxylation sites is 1. The summed E-state index contributed by atoms with van der Waals surface area (Å²) in [5.41, 5.74) is 10.9. The number of fused-ring (bicyclic) bond motifs is 3. The van der Waals surface area contributed by atoms with Gasteiger partial charge in [-0.05, 0) is 70.7 Å². The predicted molar refractivity (Wildman–Crippen MR) is 152 cm³/mol. The summed E-state index contributed by atoms with van der Waals surface area (Å²) in [5.74, 6) is 0.813. The van der Waals surface area contributed by atoms with Gasteiger partial charge in [-0.3, -0.25) is 4.98 Å². The standard InChI is InChI=1S/C33H36N2O/c1-19(2)22-11-9-12-23(20(3)4)30(22)28-16-15-25-24-13-10-14-26(31(24)36-32(25)35-28)29-17-21(5)27(18-34-29)33(6,7)8/h9-20H,1-8H3. The van der Waals surface area contributed by atoms with Crippen molar-refractivity contribution in [2.24, 2.45) is 0 Å². The molecule has 0 aliphatic rings. The summed E-state index contributed by atoms with van der Waals surface area (Å²) in [5, 5.41) is 2.11. The Balaban J connectivity index is 1.70. The highest BCUT2D eigenvalue weighted by Gasteiger charge is 2.21. The van der Waals surface area contributed by atoms with E-state index in [0.29, 0.717) is 17.5 Å². The normalized spacial score (nSPS) is 12.4. The van der Waals surface area contributed by atoms with Gasteiger partial charge in [0, 0.05) is 28.1 Å². The van der Waals surface area contributed by atoms with Crippen LogP contribution in [0.1, 0.15) is 82.6 Å². The molecule has 0 amide bonds. The molecule has 0 unspecified atom stereocenters. The number of aryl methyl sites for hydroxylation is 1. The Morgan fingerprint density at radius 1 is 0.778 bits per heavy atom. The maximum atomic E-state index is 6.49. The topological polar surface area (TPSA) is 38.9 Å². The summed E-state index contributed by atoms with van der Waals surface area (Å²) in [7, 11) is 0. The molecule has 2 aromatic carbocycles. The zero-order valence-electron chi connectivity index (χ0n) is 22.7. The van der Waals surface area contributed by atoms with Gasteiger partial charge in [0.1, 0.15) is 5.58 Å². The van der Waals surface area contributed by atoms with Crippen LogP contribution in [0.5, 0.6) is 0 Å². The van der Waals surface area contributed by atoms with Crippen LogP contribution < -0.4 is 0 Å². The van der Waals surface area contributed by atoms with Gasteiger partial charge >= 0.3 is 0 Å². The van der Waals surface area contributed by atoms with Crippen LogP contribution in [0.3, 0.4) is 0 Å². The molecule has 0 saturated heterocycles. The van der Waals surface area contributed by atoms with E-state index in [4.69, 9.17) is 14.4 Å². The van der Waals surface area contributed by atoms with Crippen molar-refractivity contribution >= 4 is 22.1 Å². The van der Waals surface area contributed by atoms with Gasteiger partial charge in [0.25, 0.3) is 0 Å². The lowest BCUT2D eigenvalue weighted by molar-refractivity contribution is 0.583. The molecule has 0 fully saturated rings. The largest absolute Gasteiger partial charge is 0.437 e. The summed E-state index contributed by atoms with van der Waals surface area (Å²) in [6.45, 7) is 17.8. The van der Waals surface area contributed by atoms with Crippen LogP contribution in [0, 0.1) is 6.92 Å². The number of benzene rings is 2. The molecular formula is C33H36N2O. The van der Waals surface area contributed by atoms with Crippen LogP contribution in [-0.4, -0.2) is 9.97 Å². The van der Waals surface area contributed by atoms with Crippen molar-refractivity contribution in [2.75, 3.05) is 0 Å². The minimum absolute atomic E-state index is 0.0580. The third-order valence-electron chi connectivity index (χ3n) is 7.19. The molecule has 3 nitrogen and oxygen atoms in total. The Kier molecular flexibility index (Phi) is 5.98. The van der Waals surface area contributed by atoms with Gasteiger partial charge in [0.05, 0.1) is 11.4 Å². The SMILES string of the molecule is Cc1cc(-c2cccc3c2oc2nc(-c4c(C(C)C)cccc4C(C)C)ccc23)ncc1C(C)(C)C. The highest BCUT2D eigenvalue weighted by molar-refractivity contribution is 6.08. The molecule has 36 heavy (non-hydrogen) atoms. The second kappa shape index (κ2) is 8.89. The third-order valence-corrected chi connectivity index (χ3v) is 7.19. The number of furan rings is 1. The monoisotopic (exact) mass is 476 g/mol. The molecule has 0 atom stereocenters. The smallest absolute Gasteiger partial charge is 0.227 e. The van der Waals surface area contributed by atoms with Crippen molar-refractivity contribution in [3.05, 3.63) is 83.0 Å². The number of nitrogens with zero attached hydrogens (tertiary/aromatic N) is 2. The number of aromatic nitrogens is 2. The average Bonchev–Trinajstić information content (AvgIpc) is 3.20. The Morgan fingerprint density at radius 3 is 2.06 bits per heavy atom. The Hall–Kier alpha value is -3.46. The molecule has 0 saturated carbocycles. The first-order chi connectivity index (χ1) is 17.1. The summed E-state index contributed by atoms with van der Waals surface area (Å²) in [4.78, 5) is 9.92. The van der Waals surface area contributed by atoms with Crippen molar-refractivity contribution in [2.45, 2.75) is 72.6 Å². The molecular weight excluding hydrogens is 440 g/mol. The molecule has 0 bridgehead atoms. The van der Waals surface area contributed by atoms with Crippen molar-refractivity contribution < 1.29 is 4.42 Å². The van der Waals surface area contributed by atoms with E-state index in [-0.39, 0.29) is 5.41 Å². The van der Waals surface area contributed by atoms with E-state index in [1.165, 1.54) is 27.8 Å². The fraction of sp³-hybridized carbons (Fsp3) is 0.333. The zero-order chi connectivity index (χ0) is 25.8. The fourth-order valence-electron chi connectivity index (χ4n) is 5.36. The second-order valence-electron chi connectivity index (χ2n) is 11.6. The van der Waals surface area contributed by atoms with Gasteiger partial charge in [0.15, 0.2) is 0 Å². The average molecular weight is 477 g/mol. The van der Waals surface area contributed by atoms with Crippen molar-refractivity contribution in [1.82, 2.24) is 9.97 Å². The van der Waals surface area contributed by atoms with Gasteiger partial charge in [-0.2, -0.15) is 0 Å². The second-order valence-corrected chi connectivity index (χ2v) is 11.6. The predicted octanol–water partition coefficient (Wildman–Crippen LogP) is 9.56. The van der Waals surface area contributed by atoms with E-state index in [1.54, 1.807) is 0 Å². The summed E-state index contributed by atoms with van der Waals surface area (Å²) in [6, 6.07) is 19.4. The molecule has 3 heterocycles. The van der Waals surface area contributed by atoms with Gasteiger partial charge in [0.2, 0.25) is 5.71 Å². The van der Waals surface area contributed by atoms with E-state index in [9.17, 15) is 0 Å². The first-order valence-corrected chi connectivity index (χ1v) is 13.0. The molecule has 0 aliphatic heterocycles. The fourth-order valence-corrected chi connectivity index (χ4v) is 5.36. The summed E-state index contributed by atoms with van der Waals surface area (Å²) in [6.07, 6.45) is 2.01. The first-order valence-electron chi connectivity index (χ1n) is 13.0. The van der Waals surface area contributed by atoms with Crippen molar-refractivity contribution in [3.8, 4) is 22.5 Å². The number of rotatable bonds is 4. The first kappa shape index (κ1) is 24.2. The molecule has 3 heteroatoms. The van der Waals surface area contributed by atoms with E-state index >= 15 is 0 Å². The highest BCUT2D eigenvalue weighted by Crippen LogP contribution is 2.39. The molecule has 0 spiro atoms. The van der Waals surface area contributed by atoms with Crippen LogP contribution in [0.2, 0.25) is 0 Å². The van der Waals surface area contributed by atoms with Crippen molar-refractivity contribution in [1.29, 1.82) is 0 Å². The van der Waals surface area contributed by atoms with Gasteiger partial charge in [-0.15, -0.1) is 0 Å². The van der Waals surface area contributed by atoms with Gasteiger partial charge in [-0.25, -0.2) is 4.98 Å². The maximum Gasteiger partial charge on any atom is 0.227 e. The zero-order valence-corrected chi connectivity index (χ0v) is 22.7. The molecule has 5 rings (SSSR count). The number of pyridine rings is 2. The molecule has 184 valence electrons. The van der Waals surface area contributed by atoms with E-state index < -0.39 is 0 Å². The molecule has 0 N–H and O–H groups in total. The summed E-state index contributed by atoms with van der Waals surface area (Å²) < 4.78 is 6.49. The van der Waals surface area contributed by atoms with Crippen molar-refractivity contribution in [3.63, 3.8) is 0 Å². The maximum absolute atomic E-state index is 6.49. The van der Waals surface area contributed by atoms with E-state index in [2.05, 4.69) is 110 Å². The lowest BCUT2D eigenvalue weighted by Crippen LogP contribution is -2.13. The molecule has 3 aromatic heterocycles. The Labute approximate surface area is 214 Å². The van der Waals surface area contributed by atoms with Gasteiger partial charge < -0.3 is 4.42 Å². The Morgan fingerprint density at radius 2 is 1.44 bits per heavy atom. The van der Waals surface area contributed by atoms with Crippen LogP contribution in [0.15, 0.2) is 65.2 Å². The minimum Gasteiger partial charge on any atom is -0.437 e. The summed E-state index contributed by atoms with van der Waals surface area (Å²) >= 11 is 0. The molecule has 0 radical (unpaired) electrons. The third kappa shape index (κ3) is 4.11. The number of hydrogen-bond donors (Lipinski definition) is 0. The lowest BCUT2D eigenvalue weighted by Gasteiger charge is -2.21. The Bertz CT molecular complexity index is 1560. The quantitative estimate of drug-likeness (QED) is 0.259. The minimum atomic E-state index is 0.0580. The lowest BCUT2D eigenvalue weighted by atomic mass is 9.85. The van der Waals surface area contributed by atoms with E-state index in [0.717, 1.165) is 33.3 Å². The van der Waals surface area contributed by atoms with Crippen LogP contribution in [0.4, 0.5) is 0 Å². The van der Waals surface area contributed by atoms with Gasteiger partial charge in [-0.1, -0.05) is 78.8 Å². The van der Waals surface area contributed by atoms with E-state index in [1.807, 2.05) is 6.20 Å². The number of hydrogen-bond acceptors (Lipinski definition) is 3. The van der Waals surface area contributed by atoms with Crippen LogP contribution in [-0.2, 0) is 5.41 Å². The molecule has 0 aliphatic carbocycles. The highest BCUT2D eigenvalue weighted by atomic mass is 16.3. The van der Waals surface area contributed by atoms with Crippen LogP contribution in [0.25, 0.3) is 44.6 Å².